The summed E-state index contributed by atoms with van der Waals surface area (Å²) in [6.45, 7) is 3.59. The standard InChI is InChI=1S/C13H17NO5/c1-9(2)19-13-7-10(6-11(15)8-18-3)4-5-12(13)14(16)17/h4-5,7,9H,6,8H2,1-3H3. The second-order valence-electron chi connectivity index (χ2n) is 4.37. The van der Waals surface area contributed by atoms with Crippen molar-refractivity contribution in [2.75, 3.05) is 13.7 Å². The van der Waals surface area contributed by atoms with Crippen molar-refractivity contribution in [2.24, 2.45) is 0 Å². The van der Waals surface area contributed by atoms with Gasteiger partial charge in [0.05, 0.1) is 11.0 Å². The molecule has 0 amide bonds. The quantitative estimate of drug-likeness (QED) is 0.558. The van der Waals surface area contributed by atoms with Crippen LogP contribution in [-0.4, -0.2) is 30.5 Å². The Bertz CT molecular complexity index is 470. The van der Waals surface area contributed by atoms with E-state index in [1.54, 1.807) is 19.9 Å². The van der Waals surface area contributed by atoms with Crippen molar-refractivity contribution in [3.63, 3.8) is 0 Å². The summed E-state index contributed by atoms with van der Waals surface area (Å²) in [5.74, 6) is 0.0922. The van der Waals surface area contributed by atoms with Gasteiger partial charge in [0.25, 0.3) is 0 Å². The Hall–Kier alpha value is -1.95. The number of nitro benzene ring substituents is 1. The van der Waals surface area contributed by atoms with Gasteiger partial charge in [0, 0.05) is 19.6 Å². The van der Waals surface area contributed by atoms with Gasteiger partial charge in [0.2, 0.25) is 0 Å². The fourth-order valence-electron chi connectivity index (χ4n) is 1.61. The summed E-state index contributed by atoms with van der Waals surface area (Å²) in [7, 11) is 1.45. The molecule has 0 spiro atoms. The second-order valence-corrected chi connectivity index (χ2v) is 4.37. The second kappa shape index (κ2) is 6.84. The smallest absolute Gasteiger partial charge is 0.310 e. The van der Waals surface area contributed by atoms with E-state index in [4.69, 9.17) is 9.47 Å². The molecule has 0 bridgehead atoms. The summed E-state index contributed by atoms with van der Waals surface area (Å²) in [4.78, 5) is 21.8. The molecule has 0 unspecified atom stereocenters. The minimum Gasteiger partial charge on any atom is -0.484 e. The van der Waals surface area contributed by atoms with E-state index in [0.29, 0.717) is 5.56 Å². The molecule has 0 aliphatic carbocycles. The summed E-state index contributed by atoms with van der Waals surface area (Å²) >= 11 is 0. The molecule has 0 N–H and O–H groups in total. The largest absolute Gasteiger partial charge is 0.484 e. The van der Waals surface area contributed by atoms with Crippen LogP contribution in [0.3, 0.4) is 0 Å². The molecule has 0 aromatic heterocycles. The van der Waals surface area contributed by atoms with E-state index >= 15 is 0 Å². The summed E-state index contributed by atoms with van der Waals surface area (Å²) in [6.07, 6.45) is -0.0102. The molecular weight excluding hydrogens is 250 g/mol. The molecule has 0 heterocycles. The highest BCUT2D eigenvalue weighted by Crippen LogP contribution is 2.29. The van der Waals surface area contributed by atoms with E-state index in [1.807, 2.05) is 0 Å². The van der Waals surface area contributed by atoms with Crippen molar-refractivity contribution in [1.82, 2.24) is 0 Å². The predicted molar refractivity (Wildman–Crippen MR) is 69.4 cm³/mol. The van der Waals surface area contributed by atoms with Crippen LogP contribution in [0.2, 0.25) is 0 Å². The monoisotopic (exact) mass is 267 g/mol. The Morgan fingerprint density at radius 1 is 1.42 bits per heavy atom. The lowest BCUT2D eigenvalue weighted by molar-refractivity contribution is -0.386. The Balaban J connectivity index is 2.97. The molecule has 1 aromatic rings. The maximum Gasteiger partial charge on any atom is 0.310 e. The zero-order valence-corrected chi connectivity index (χ0v) is 11.2. The number of nitrogens with zero attached hydrogens (tertiary/aromatic N) is 1. The molecule has 0 radical (unpaired) electrons. The lowest BCUT2D eigenvalue weighted by Gasteiger charge is -2.11. The van der Waals surface area contributed by atoms with E-state index in [9.17, 15) is 14.9 Å². The molecule has 6 nitrogen and oxygen atoms in total. The van der Waals surface area contributed by atoms with Gasteiger partial charge in [-0.25, -0.2) is 0 Å². The molecule has 1 aromatic carbocycles. The fraction of sp³-hybridized carbons (Fsp3) is 0.462. The molecule has 0 atom stereocenters. The van der Waals surface area contributed by atoms with Gasteiger partial charge >= 0.3 is 5.69 Å². The number of methoxy groups -OCH3 is 1. The number of ketones is 1. The van der Waals surface area contributed by atoms with E-state index in [1.165, 1.54) is 19.2 Å². The molecule has 0 aliphatic rings. The first-order chi connectivity index (χ1) is 8.93. The molecule has 0 saturated carbocycles. The molecule has 104 valence electrons. The van der Waals surface area contributed by atoms with Gasteiger partial charge in [-0.15, -0.1) is 0 Å². The van der Waals surface area contributed by atoms with Gasteiger partial charge in [-0.1, -0.05) is 6.07 Å². The fourth-order valence-corrected chi connectivity index (χ4v) is 1.61. The first-order valence-electron chi connectivity index (χ1n) is 5.88. The molecule has 0 aliphatic heterocycles. The van der Waals surface area contributed by atoms with Crippen molar-refractivity contribution >= 4 is 11.5 Å². The van der Waals surface area contributed by atoms with Crippen LogP contribution < -0.4 is 4.74 Å². The maximum atomic E-state index is 11.5. The lowest BCUT2D eigenvalue weighted by atomic mass is 10.1. The van der Waals surface area contributed by atoms with Gasteiger partial charge in [-0.2, -0.15) is 0 Å². The van der Waals surface area contributed by atoms with Gasteiger partial charge in [-0.05, 0) is 25.5 Å². The van der Waals surface area contributed by atoms with Crippen LogP contribution in [0.15, 0.2) is 18.2 Å². The Morgan fingerprint density at radius 2 is 2.11 bits per heavy atom. The van der Waals surface area contributed by atoms with Crippen molar-refractivity contribution in [2.45, 2.75) is 26.4 Å². The zero-order valence-electron chi connectivity index (χ0n) is 11.2. The third-order valence-electron chi connectivity index (χ3n) is 2.29. The molecule has 1 rings (SSSR count). The Morgan fingerprint density at radius 3 is 2.63 bits per heavy atom. The van der Waals surface area contributed by atoms with Crippen LogP contribution >= 0.6 is 0 Å². The molecule has 0 fully saturated rings. The highest BCUT2D eigenvalue weighted by Gasteiger charge is 2.17. The Labute approximate surface area is 111 Å². The first-order valence-corrected chi connectivity index (χ1v) is 5.88. The topological polar surface area (TPSA) is 78.7 Å². The summed E-state index contributed by atoms with van der Waals surface area (Å²) in [6, 6.07) is 4.44. The highest BCUT2D eigenvalue weighted by molar-refractivity contribution is 5.82. The maximum absolute atomic E-state index is 11.5. The van der Waals surface area contributed by atoms with Gasteiger partial charge in [0.15, 0.2) is 11.5 Å². The van der Waals surface area contributed by atoms with E-state index in [0.717, 1.165) is 0 Å². The van der Waals surface area contributed by atoms with Crippen LogP contribution in [0.4, 0.5) is 5.69 Å². The Kier molecular flexibility index (Phi) is 5.44. The minimum absolute atomic E-state index is 0.0252. The van der Waals surface area contributed by atoms with Crippen molar-refractivity contribution in [3.8, 4) is 5.75 Å². The zero-order chi connectivity index (χ0) is 14.4. The number of benzene rings is 1. The number of ether oxygens (including phenoxy) is 2. The van der Waals surface area contributed by atoms with Crippen LogP contribution in [0.5, 0.6) is 5.75 Å². The number of carbonyl (C=O) groups excluding carboxylic acids is 1. The average Bonchev–Trinajstić information content (AvgIpc) is 2.28. The van der Waals surface area contributed by atoms with Crippen molar-refractivity contribution < 1.29 is 19.2 Å². The van der Waals surface area contributed by atoms with Gasteiger partial charge in [-0.3, -0.25) is 14.9 Å². The van der Waals surface area contributed by atoms with Gasteiger partial charge < -0.3 is 9.47 Å². The van der Waals surface area contributed by atoms with Crippen LogP contribution in [0.25, 0.3) is 0 Å². The molecular formula is C13H17NO5. The molecule has 6 heteroatoms. The number of hydrogen-bond acceptors (Lipinski definition) is 5. The average molecular weight is 267 g/mol. The number of nitro groups is 1. The number of hydrogen-bond donors (Lipinski definition) is 0. The normalized spacial score (nSPS) is 10.5. The molecule has 0 saturated heterocycles. The van der Waals surface area contributed by atoms with Crippen molar-refractivity contribution in [1.29, 1.82) is 0 Å². The van der Waals surface area contributed by atoms with E-state index < -0.39 is 4.92 Å². The minimum atomic E-state index is -0.502. The molecule has 19 heavy (non-hydrogen) atoms. The van der Waals surface area contributed by atoms with Crippen LogP contribution in [0, 0.1) is 10.1 Å². The summed E-state index contributed by atoms with van der Waals surface area (Å²) < 4.78 is 10.1. The van der Waals surface area contributed by atoms with E-state index in [-0.39, 0.29) is 36.4 Å². The van der Waals surface area contributed by atoms with Gasteiger partial charge in [0.1, 0.15) is 6.61 Å². The number of Topliss-reactive ketones (excluding diaryl/α,β-unsaturated/α-hetero) is 1. The summed E-state index contributed by atoms with van der Waals surface area (Å²) in [5.41, 5.74) is 0.569. The van der Waals surface area contributed by atoms with Crippen LogP contribution in [0.1, 0.15) is 19.4 Å². The lowest BCUT2D eigenvalue weighted by Crippen LogP contribution is -2.11. The number of carbonyl (C=O) groups is 1. The SMILES string of the molecule is COCC(=O)Cc1ccc([N+](=O)[O-])c(OC(C)C)c1. The van der Waals surface area contributed by atoms with Crippen LogP contribution in [-0.2, 0) is 16.0 Å². The predicted octanol–water partition coefficient (Wildman–Crippen LogP) is 2.14. The first kappa shape index (κ1) is 15.1. The highest BCUT2D eigenvalue weighted by atomic mass is 16.6. The summed E-state index contributed by atoms with van der Waals surface area (Å²) in [5, 5.41) is 10.9. The third-order valence-corrected chi connectivity index (χ3v) is 2.29. The third kappa shape index (κ3) is 4.67. The number of rotatable bonds is 7. The van der Waals surface area contributed by atoms with E-state index in [2.05, 4.69) is 0 Å². The van der Waals surface area contributed by atoms with Crippen molar-refractivity contribution in [3.05, 3.63) is 33.9 Å².